The van der Waals surface area contributed by atoms with Crippen LogP contribution in [0.1, 0.15) is 41.6 Å². The monoisotopic (exact) mass is 291 g/mol. The van der Waals surface area contributed by atoms with Crippen LogP contribution in [0.15, 0.2) is 18.2 Å². The number of benzene rings is 1. The molecule has 0 atom stereocenters. The van der Waals surface area contributed by atoms with E-state index in [9.17, 15) is 4.79 Å². The van der Waals surface area contributed by atoms with Crippen molar-refractivity contribution in [1.29, 1.82) is 0 Å². The van der Waals surface area contributed by atoms with E-state index in [4.69, 9.17) is 16.7 Å². The number of halogens is 1. The zero-order valence-corrected chi connectivity index (χ0v) is 12.0. The number of aliphatic hydroxyl groups excluding tert-OH is 1. The Hall–Kier alpha value is -1.50. The van der Waals surface area contributed by atoms with Crippen LogP contribution in [0, 0.1) is 17.8 Å². The second-order valence-electron chi connectivity index (χ2n) is 4.98. The summed E-state index contributed by atoms with van der Waals surface area (Å²) in [4.78, 5) is 12.0. The van der Waals surface area contributed by atoms with E-state index in [1.54, 1.807) is 18.2 Å². The van der Waals surface area contributed by atoms with Crippen molar-refractivity contribution in [3.63, 3.8) is 0 Å². The first-order chi connectivity index (χ1) is 9.70. The predicted molar refractivity (Wildman–Crippen MR) is 79.7 cm³/mol. The Balaban J connectivity index is 1.96. The lowest BCUT2D eigenvalue weighted by atomic mass is 9.85. The van der Waals surface area contributed by atoms with Crippen LogP contribution in [-0.2, 0) is 0 Å². The fourth-order valence-electron chi connectivity index (χ4n) is 2.01. The van der Waals surface area contributed by atoms with E-state index in [1.165, 1.54) is 19.3 Å². The fourth-order valence-corrected chi connectivity index (χ4v) is 2.24. The van der Waals surface area contributed by atoms with Crippen molar-refractivity contribution in [2.45, 2.75) is 25.7 Å². The number of aliphatic hydroxyl groups is 1. The quantitative estimate of drug-likeness (QED) is 0.838. The average Bonchev–Trinajstić information content (AvgIpc) is 2.39. The molecule has 0 saturated heterocycles. The van der Waals surface area contributed by atoms with Gasteiger partial charge in [-0.05, 0) is 37.0 Å². The van der Waals surface area contributed by atoms with Gasteiger partial charge in [0, 0.05) is 24.1 Å². The second kappa shape index (κ2) is 7.33. The lowest BCUT2D eigenvalue weighted by Gasteiger charge is -2.25. The van der Waals surface area contributed by atoms with Crippen molar-refractivity contribution in [3.05, 3.63) is 34.3 Å². The minimum absolute atomic E-state index is 0.0340. The van der Waals surface area contributed by atoms with Gasteiger partial charge in [-0.1, -0.05) is 29.9 Å². The minimum atomic E-state index is -0.0892. The van der Waals surface area contributed by atoms with E-state index >= 15 is 0 Å². The van der Waals surface area contributed by atoms with Crippen LogP contribution >= 0.6 is 11.6 Å². The summed E-state index contributed by atoms with van der Waals surface area (Å²) in [6.07, 6.45) is 4.11. The van der Waals surface area contributed by atoms with Gasteiger partial charge in [-0.25, -0.2) is 0 Å². The van der Waals surface area contributed by atoms with Gasteiger partial charge in [0.25, 0.3) is 5.91 Å². The zero-order valence-electron chi connectivity index (χ0n) is 11.3. The maximum Gasteiger partial charge on any atom is 0.251 e. The highest BCUT2D eigenvalue weighted by Gasteiger charge is 2.18. The van der Waals surface area contributed by atoms with Crippen molar-refractivity contribution in [1.82, 2.24) is 5.32 Å². The van der Waals surface area contributed by atoms with Crippen molar-refractivity contribution < 1.29 is 9.90 Å². The lowest BCUT2D eigenvalue weighted by Crippen LogP contribution is -2.32. The van der Waals surface area contributed by atoms with Gasteiger partial charge in [0.2, 0.25) is 0 Å². The molecule has 0 heterocycles. The van der Waals surface area contributed by atoms with Gasteiger partial charge in [-0.15, -0.1) is 0 Å². The first-order valence-electron chi connectivity index (χ1n) is 6.88. The highest BCUT2D eigenvalue weighted by Crippen LogP contribution is 2.25. The number of carbonyl (C=O) groups is 1. The average molecular weight is 292 g/mol. The molecular formula is C16H18ClNO2. The molecule has 2 N–H and O–H groups in total. The Labute approximate surface area is 124 Å². The molecule has 0 radical (unpaired) electrons. The van der Waals surface area contributed by atoms with Crippen LogP contribution < -0.4 is 5.32 Å². The molecule has 2 rings (SSSR count). The van der Waals surface area contributed by atoms with E-state index in [1.807, 2.05) is 0 Å². The Morgan fingerprint density at radius 2 is 2.25 bits per heavy atom. The Morgan fingerprint density at radius 1 is 1.45 bits per heavy atom. The first-order valence-corrected chi connectivity index (χ1v) is 7.26. The summed E-state index contributed by atoms with van der Waals surface area (Å²) in [5, 5.41) is 12.1. The molecule has 4 heteroatoms. The third-order valence-corrected chi connectivity index (χ3v) is 3.78. The molecular weight excluding hydrogens is 274 g/mol. The molecule has 0 unspecified atom stereocenters. The number of carbonyl (C=O) groups excluding carboxylic acids is 1. The zero-order chi connectivity index (χ0) is 14.4. The predicted octanol–water partition coefficient (Wildman–Crippen LogP) is 2.60. The number of hydrogen-bond acceptors (Lipinski definition) is 2. The minimum Gasteiger partial charge on any atom is -0.395 e. The van der Waals surface area contributed by atoms with E-state index in [0.717, 1.165) is 6.54 Å². The summed E-state index contributed by atoms with van der Waals surface area (Å²) in [6.45, 7) is 0.779. The van der Waals surface area contributed by atoms with Gasteiger partial charge in [0.15, 0.2) is 0 Å². The van der Waals surface area contributed by atoms with Crippen molar-refractivity contribution in [2.75, 3.05) is 13.2 Å². The van der Waals surface area contributed by atoms with E-state index in [2.05, 4.69) is 17.2 Å². The highest BCUT2D eigenvalue weighted by molar-refractivity contribution is 6.32. The molecule has 1 saturated carbocycles. The van der Waals surface area contributed by atoms with Crippen LogP contribution in [0.5, 0.6) is 0 Å². The molecule has 1 aliphatic rings. The molecule has 0 spiro atoms. The van der Waals surface area contributed by atoms with E-state index in [0.29, 0.717) is 28.5 Å². The molecule has 0 bridgehead atoms. The fraction of sp³-hybridized carbons (Fsp3) is 0.438. The van der Waals surface area contributed by atoms with Crippen LogP contribution in [-0.4, -0.2) is 24.2 Å². The van der Waals surface area contributed by atoms with Crippen LogP contribution in [0.25, 0.3) is 0 Å². The van der Waals surface area contributed by atoms with Crippen molar-refractivity contribution in [3.8, 4) is 11.8 Å². The second-order valence-corrected chi connectivity index (χ2v) is 5.38. The van der Waals surface area contributed by atoms with Crippen molar-refractivity contribution >= 4 is 17.5 Å². The molecule has 106 valence electrons. The van der Waals surface area contributed by atoms with Crippen LogP contribution in [0.2, 0.25) is 5.02 Å². The van der Waals surface area contributed by atoms with Gasteiger partial charge in [0.05, 0.1) is 11.6 Å². The highest BCUT2D eigenvalue weighted by atomic mass is 35.5. The molecule has 1 aliphatic carbocycles. The largest absolute Gasteiger partial charge is 0.395 e. The van der Waals surface area contributed by atoms with Gasteiger partial charge in [-0.3, -0.25) is 4.79 Å². The molecule has 20 heavy (non-hydrogen) atoms. The standard InChI is InChI=1S/C16H18ClNO2/c17-15-10-14(8-7-13(15)6-1-2-9-19)16(20)18-11-12-4-3-5-12/h7-8,10,12,19H,2-5,9,11H2,(H,18,20). The van der Waals surface area contributed by atoms with E-state index in [-0.39, 0.29) is 12.5 Å². The third-order valence-electron chi connectivity index (χ3n) is 3.47. The summed E-state index contributed by atoms with van der Waals surface area (Å²) in [5.74, 6) is 6.23. The first kappa shape index (κ1) is 14.9. The Morgan fingerprint density at radius 3 is 2.85 bits per heavy atom. The summed E-state index contributed by atoms with van der Waals surface area (Å²) in [7, 11) is 0. The molecule has 0 aromatic heterocycles. The summed E-state index contributed by atoms with van der Waals surface area (Å²) < 4.78 is 0. The maximum absolute atomic E-state index is 12.0. The third kappa shape index (κ3) is 4.00. The number of nitrogens with one attached hydrogen (secondary N) is 1. The van der Waals surface area contributed by atoms with Crippen molar-refractivity contribution in [2.24, 2.45) is 5.92 Å². The smallest absolute Gasteiger partial charge is 0.251 e. The Kier molecular flexibility index (Phi) is 5.46. The molecule has 3 nitrogen and oxygen atoms in total. The van der Waals surface area contributed by atoms with Crippen LogP contribution in [0.3, 0.4) is 0 Å². The topological polar surface area (TPSA) is 49.3 Å². The van der Waals surface area contributed by atoms with Crippen LogP contribution in [0.4, 0.5) is 0 Å². The Bertz CT molecular complexity index is 541. The maximum atomic E-state index is 12.0. The SMILES string of the molecule is O=C(NCC1CCC1)c1ccc(C#CCCO)c(Cl)c1. The summed E-state index contributed by atoms with van der Waals surface area (Å²) >= 11 is 6.11. The molecule has 1 amide bonds. The molecule has 1 fully saturated rings. The van der Waals surface area contributed by atoms with Gasteiger partial charge >= 0.3 is 0 Å². The van der Waals surface area contributed by atoms with Gasteiger partial charge in [-0.2, -0.15) is 0 Å². The molecule has 1 aromatic rings. The molecule has 1 aromatic carbocycles. The number of hydrogen-bond donors (Lipinski definition) is 2. The normalized spacial score (nSPS) is 14.1. The van der Waals surface area contributed by atoms with Gasteiger partial charge in [0.1, 0.15) is 0 Å². The lowest BCUT2D eigenvalue weighted by molar-refractivity contribution is 0.0939. The summed E-state index contributed by atoms with van der Waals surface area (Å²) in [6, 6.07) is 5.11. The number of rotatable bonds is 4. The summed E-state index contributed by atoms with van der Waals surface area (Å²) in [5.41, 5.74) is 1.23. The van der Waals surface area contributed by atoms with E-state index < -0.39 is 0 Å². The molecule has 0 aliphatic heterocycles. The van der Waals surface area contributed by atoms with Gasteiger partial charge < -0.3 is 10.4 Å². The number of amides is 1.